The van der Waals surface area contributed by atoms with Crippen molar-refractivity contribution in [3.63, 3.8) is 0 Å². The fourth-order valence-corrected chi connectivity index (χ4v) is 9.57. The van der Waals surface area contributed by atoms with Gasteiger partial charge in [0, 0.05) is 44.6 Å². The van der Waals surface area contributed by atoms with Gasteiger partial charge in [0.15, 0.2) is 0 Å². The fourth-order valence-electron chi connectivity index (χ4n) is 8.41. The van der Waals surface area contributed by atoms with E-state index in [0.717, 1.165) is 23.6 Å². The van der Waals surface area contributed by atoms with Gasteiger partial charge in [0.2, 0.25) is 0 Å². The summed E-state index contributed by atoms with van der Waals surface area (Å²) >= 11 is 1.88. The monoisotopic (exact) mass is 706 g/mol. The van der Waals surface area contributed by atoms with Crippen LogP contribution >= 0.6 is 11.3 Å². The molecule has 254 valence electrons. The second-order valence-electron chi connectivity index (χ2n) is 14.2. The molecule has 0 radical (unpaired) electrons. The van der Waals surface area contributed by atoms with Crippen LogP contribution in [0.3, 0.4) is 0 Å². The number of benzene rings is 9. The Hall–Kier alpha value is -6.68. The standard InChI is InChI=1S/C51H34N2S/c1-3-9-43-35(7-1)13-15-39-29-37(21-27-45(39)43)33-17-23-41(24-18-33)53(48-31-52-32-50-51(48)47-11-5-6-12-49(47)54-50)42-25-19-34(20-26-42)38-22-28-46-40(30-38)16-14-36-8-2-4-10-44(36)46/h1-31,52H,32H2. The highest BCUT2D eigenvalue weighted by Crippen LogP contribution is 2.44. The van der Waals surface area contributed by atoms with Gasteiger partial charge in [-0.3, -0.25) is 0 Å². The molecule has 0 aliphatic carbocycles. The molecule has 9 aromatic carbocycles. The minimum Gasteiger partial charge on any atom is -0.384 e. The molecule has 54 heavy (non-hydrogen) atoms. The molecule has 1 aromatic heterocycles. The molecular formula is C51H34N2S. The molecule has 0 spiro atoms. The smallest absolute Gasteiger partial charge is 0.0708 e. The zero-order chi connectivity index (χ0) is 35.6. The van der Waals surface area contributed by atoms with E-state index in [9.17, 15) is 0 Å². The topological polar surface area (TPSA) is 15.3 Å². The molecule has 1 aliphatic rings. The van der Waals surface area contributed by atoms with Crippen molar-refractivity contribution in [3.05, 3.63) is 199 Å². The predicted molar refractivity (Wildman–Crippen MR) is 233 cm³/mol. The van der Waals surface area contributed by atoms with Crippen LogP contribution in [0.1, 0.15) is 10.4 Å². The van der Waals surface area contributed by atoms with E-state index in [2.05, 4.69) is 198 Å². The number of rotatable bonds is 5. The molecule has 0 bridgehead atoms. The maximum atomic E-state index is 3.61. The second-order valence-corrected chi connectivity index (χ2v) is 15.3. The lowest BCUT2D eigenvalue weighted by Gasteiger charge is -2.31. The van der Waals surface area contributed by atoms with E-state index < -0.39 is 0 Å². The van der Waals surface area contributed by atoms with Crippen molar-refractivity contribution in [2.24, 2.45) is 0 Å². The first-order valence-corrected chi connectivity index (χ1v) is 19.4. The number of hydrogen-bond donors (Lipinski definition) is 1. The van der Waals surface area contributed by atoms with Gasteiger partial charge < -0.3 is 10.2 Å². The number of nitrogens with zero attached hydrogens (tertiary/aromatic N) is 1. The van der Waals surface area contributed by atoms with Crippen molar-refractivity contribution in [1.82, 2.24) is 5.32 Å². The molecule has 0 saturated heterocycles. The molecule has 0 atom stereocenters. The van der Waals surface area contributed by atoms with Crippen LogP contribution in [0.15, 0.2) is 188 Å². The van der Waals surface area contributed by atoms with Crippen LogP contribution in [0.5, 0.6) is 0 Å². The first-order valence-electron chi connectivity index (χ1n) is 18.5. The van der Waals surface area contributed by atoms with E-state index in [4.69, 9.17) is 0 Å². The molecule has 2 heterocycles. The second kappa shape index (κ2) is 12.5. The van der Waals surface area contributed by atoms with Crippen molar-refractivity contribution in [2.75, 3.05) is 4.90 Å². The third-order valence-corrected chi connectivity index (χ3v) is 12.2. The summed E-state index contributed by atoms with van der Waals surface area (Å²) < 4.78 is 1.32. The summed E-state index contributed by atoms with van der Waals surface area (Å²) in [6, 6.07) is 66.8. The number of thiophene rings is 1. The average molecular weight is 707 g/mol. The van der Waals surface area contributed by atoms with Crippen LogP contribution in [-0.4, -0.2) is 0 Å². The van der Waals surface area contributed by atoms with Gasteiger partial charge in [0.25, 0.3) is 0 Å². The maximum Gasteiger partial charge on any atom is 0.0708 e. The highest BCUT2D eigenvalue weighted by atomic mass is 32.1. The van der Waals surface area contributed by atoms with Gasteiger partial charge in [-0.2, -0.15) is 0 Å². The van der Waals surface area contributed by atoms with Gasteiger partial charge in [-0.25, -0.2) is 0 Å². The van der Waals surface area contributed by atoms with Gasteiger partial charge in [0.05, 0.1) is 5.70 Å². The highest BCUT2D eigenvalue weighted by molar-refractivity contribution is 7.19. The van der Waals surface area contributed by atoms with Gasteiger partial charge in [-0.15, -0.1) is 11.3 Å². The minimum atomic E-state index is 0.832. The van der Waals surface area contributed by atoms with Crippen LogP contribution in [0.4, 0.5) is 11.4 Å². The molecule has 0 unspecified atom stereocenters. The maximum absolute atomic E-state index is 3.61. The first-order chi connectivity index (χ1) is 26.7. The van der Waals surface area contributed by atoms with Crippen molar-refractivity contribution >= 4 is 81.6 Å². The molecule has 0 saturated carbocycles. The van der Waals surface area contributed by atoms with Crippen LogP contribution in [0, 0.1) is 0 Å². The molecule has 1 aliphatic heterocycles. The van der Waals surface area contributed by atoms with Gasteiger partial charge in [-0.1, -0.05) is 140 Å². The number of hydrogen-bond acceptors (Lipinski definition) is 3. The molecule has 1 N–H and O–H groups in total. The zero-order valence-electron chi connectivity index (χ0n) is 29.5. The molecule has 0 amide bonds. The van der Waals surface area contributed by atoms with E-state index in [1.807, 2.05) is 11.3 Å². The Morgan fingerprint density at radius 2 is 0.870 bits per heavy atom. The lowest BCUT2D eigenvalue weighted by Crippen LogP contribution is -2.22. The highest BCUT2D eigenvalue weighted by Gasteiger charge is 2.25. The molecule has 3 heteroatoms. The lowest BCUT2D eigenvalue weighted by molar-refractivity contribution is 0.867. The Morgan fingerprint density at radius 3 is 1.44 bits per heavy atom. The SMILES string of the molecule is C1=C(N(c2ccc(-c3ccc4c(ccc5ccccc54)c3)cc2)c2ccc(-c3ccc4c(ccc5ccccc54)c3)cc2)c2c(sc3ccccc23)CN1. The third kappa shape index (κ3) is 5.08. The summed E-state index contributed by atoms with van der Waals surface area (Å²) in [5, 5.41) is 15.1. The van der Waals surface area contributed by atoms with E-state index >= 15 is 0 Å². The van der Waals surface area contributed by atoms with E-state index in [1.54, 1.807) is 0 Å². The number of anilines is 2. The zero-order valence-corrected chi connectivity index (χ0v) is 30.3. The quantitative estimate of drug-likeness (QED) is 0.179. The van der Waals surface area contributed by atoms with Gasteiger partial charge >= 0.3 is 0 Å². The minimum absolute atomic E-state index is 0.832. The Morgan fingerprint density at radius 1 is 0.407 bits per heavy atom. The van der Waals surface area contributed by atoms with Crippen molar-refractivity contribution < 1.29 is 0 Å². The Bertz CT molecular complexity index is 2940. The van der Waals surface area contributed by atoms with Crippen molar-refractivity contribution in [1.29, 1.82) is 0 Å². The average Bonchev–Trinajstić information content (AvgIpc) is 3.63. The largest absolute Gasteiger partial charge is 0.384 e. The molecular weight excluding hydrogens is 673 g/mol. The molecule has 0 fully saturated rings. The van der Waals surface area contributed by atoms with E-state index in [0.29, 0.717) is 0 Å². The van der Waals surface area contributed by atoms with Crippen LogP contribution in [-0.2, 0) is 6.54 Å². The lowest BCUT2D eigenvalue weighted by atomic mass is 9.96. The normalized spacial score (nSPS) is 12.6. The summed E-state index contributed by atoms with van der Waals surface area (Å²) in [6.45, 7) is 0.832. The summed E-state index contributed by atoms with van der Waals surface area (Å²) in [5.41, 5.74) is 9.53. The Kier molecular flexibility index (Phi) is 7.14. The fraction of sp³-hybridized carbons (Fsp3) is 0.0196. The van der Waals surface area contributed by atoms with E-state index in [-0.39, 0.29) is 0 Å². The summed E-state index contributed by atoms with van der Waals surface area (Å²) in [4.78, 5) is 3.77. The van der Waals surface area contributed by atoms with Gasteiger partial charge in [-0.05, 0) is 108 Å². The van der Waals surface area contributed by atoms with Crippen molar-refractivity contribution in [2.45, 2.75) is 6.54 Å². The molecule has 2 nitrogen and oxygen atoms in total. The Balaban J connectivity index is 0.996. The third-order valence-electron chi connectivity index (χ3n) is 11.1. The van der Waals surface area contributed by atoms with E-state index in [1.165, 1.54) is 85.9 Å². The number of nitrogens with one attached hydrogen (secondary N) is 1. The molecule has 11 rings (SSSR count). The summed E-state index contributed by atoms with van der Waals surface area (Å²) in [5.74, 6) is 0. The van der Waals surface area contributed by atoms with Gasteiger partial charge in [0.1, 0.15) is 0 Å². The first kappa shape index (κ1) is 30.9. The van der Waals surface area contributed by atoms with Crippen LogP contribution in [0.25, 0.3) is 81.1 Å². The van der Waals surface area contributed by atoms with Crippen LogP contribution < -0.4 is 10.2 Å². The summed E-state index contributed by atoms with van der Waals surface area (Å²) in [6.07, 6.45) is 2.20. The van der Waals surface area contributed by atoms with Crippen molar-refractivity contribution in [3.8, 4) is 22.3 Å². The number of fused-ring (bicyclic) bond motifs is 9. The molecule has 10 aromatic rings. The Labute approximate surface area is 317 Å². The van der Waals surface area contributed by atoms with Crippen LogP contribution in [0.2, 0.25) is 0 Å². The summed E-state index contributed by atoms with van der Waals surface area (Å²) in [7, 11) is 0. The predicted octanol–water partition coefficient (Wildman–Crippen LogP) is 14.1.